The highest BCUT2D eigenvalue weighted by molar-refractivity contribution is 7.10. The molecule has 0 aliphatic rings. The van der Waals surface area contributed by atoms with Crippen molar-refractivity contribution < 1.29 is 4.39 Å². The molecule has 0 bridgehead atoms. The van der Waals surface area contributed by atoms with Gasteiger partial charge in [-0.1, -0.05) is 13.0 Å². The van der Waals surface area contributed by atoms with Gasteiger partial charge in [0.15, 0.2) is 11.6 Å². The molecule has 1 unspecified atom stereocenters. The van der Waals surface area contributed by atoms with E-state index in [9.17, 15) is 4.39 Å². The molecule has 1 N–H and O–H groups in total. The van der Waals surface area contributed by atoms with Crippen molar-refractivity contribution in [3.63, 3.8) is 0 Å². The molecule has 2 heterocycles. The third-order valence-corrected chi connectivity index (χ3v) is 3.49. The van der Waals surface area contributed by atoms with Gasteiger partial charge in [-0.2, -0.15) is 4.98 Å². The van der Waals surface area contributed by atoms with Crippen LogP contribution in [-0.2, 0) is 0 Å². The largest absolute Gasteiger partial charge is 0.360 e. The fourth-order valence-electron chi connectivity index (χ4n) is 1.48. The van der Waals surface area contributed by atoms with E-state index in [2.05, 4.69) is 15.3 Å². The number of nitrogens with zero attached hydrogens (tertiary/aromatic N) is 2. The fraction of sp³-hybridized carbons (Fsp3) is 0.273. The number of hydrogen-bond acceptors (Lipinski definition) is 4. The predicted molar refractivity (Wildman–Crippen MR) is 68.0 cm³/mol. The Hall–Kier alpha value is -1.20. The number of nitrogens with one attached hydrogen (secondary N) is 1. The summed E-state index contributed by atoms with van der Waals surface area (Å²) in [4.78, 5) is 8.56. The minimum Gasteiger partial charge on any atom is -0.360 e. The summed E-state index contributed by atoms with van der Waals surface area (Å²) in [5.41, 5.74) is 0. The van der Waals surface area contributed by atoms with E-state index in [0.717, 1.165) is 17.5 Å². The summed E-state index contributed by atoms with van der Waals surface area (Å²) < 4.78 is 13.5. The van der Waals surface area contributed by atoms with E-state index in [0.29, 0.717) is 0 Å². The highest BCUT2D eigenvalue weighted by Gasteiger charge is 2.14. The van der Waals surface area contributed by atoms with Crippen molar-refractivity contribution >= 4 is 28.8 Å². The lowest BCUT2D eigenvalue weighted by Gasteiger charge is -2.16. The Morgan fingerprint density at radius 1 is 1.59 bits per heavy atom. The van der Waals surface area contributed by atoms with Crippen LogP contribution in [-0.4, -0.2) is 9.97 Å². The first-order valence-electron chi connectivity index (χ1n) is 5.18. The average molecular weight is 272 g/mol. The van der Waals surface area contributed by atoms with E-state index in [1.807, 2.05) is 24.4 Å². The lowest BCUT2D eigenvalue weighted by Crippen LogP contribution is -2.11. The second-order valence-electron chi connectivity index (χ2n) is 3.46. The van der Waals surface area contributed by atoms with Crippen molar-refractivity contribution in [2.24, 2.45) is 0 Å². The third kappa shape index (κ3) is 2.92. The zero-order valence-corrected chi connectivity index (χ0v) is 10.7. The second kappa shape index (κ2) is 5.42. The molecule has 2 aromatic heterocycles. The van der Waals surface area contributed by atoms with E-state index in [-0.39, 0.29) is 17.1 Å². The van der Waals surface area contributed by atoms with Crippen LogP contribution < -0.4 is 5.32 Å². The smallest absolute Gasteiger partial charge is 0.224 e. The SMILES string of the molecule is CCC(Nc1nc(Cl)ncc1F)c1cccs1. The minimum absolute atomic E-state index is 0.0370. The van der Waals surface area contributed by atoms with Gasteiger partial charge in [0, 0.05) is 4.88 Å². The molecule has 0 radical (unpaired) electrons. The molecule has 2 aromatic rings. The third-order valence-electron chi connectivity index (χ3n) is 2.32. The molecule has 0 spiro atoms. The molecule has 90 valence electrons. The number of hydrogen-bond donors (Lipinski definition) is 1. The standard InChI is InChI=1S/C11H11ClFN3S/c1-2-8(9-4-3-5-17-9)15-10-7(13)6-14-11(12)16-10/h3-6,8H,2H2,1H3,(H,14,15,16). The molecule has 6 heteroatoms. The van der Waals surface area contributed by atoms with Gasteiger partial charge in [-0.3, -0.25) is 0 Å². The normalized spacial score (nSPS) is 12.4. The van der Waals surface area contributed by atoms with Gasteiger partial charge in [0.25, 0.3) is 0 Å². The van der Waals surface area contributed by atoms with Gasteiger partial charge in [0.05, 0.1) is 12.2 Å². The molecular formula is C11H11ClFN3S. The molecule has 2 rings (SSSR count). The van der Waals surface area contributed by atoms with Crippen LogP contribution in [0.3, 0.4) is 0 Å². The van der Waals surface area contributed by atoms with Gasteiger partial charge in [0.1, 0.15) is 0 Å². The monoisotopic (exact) mass is 271 g/mol. The maximum Gasteiger partial charge on any atom is 0.224 e. The lowest BCUT2D eigenvalue weighted by molar-refractivity contribution is 0.610. The molecule has 1 atom stereocenters. The summed E-state index contributed by atoms with van der Waals surface area (Å²) in [6.07, 6.45) is 1.90. The van der Waals surface area contributed by atoms with Crippen LogP contribution in [0.2, 0.25) is 5.28 Å². The Morgan fingerprint density at radius 2 is 2.41 bits per heavy atom. The maximum atomic E-state index is 13.5. The molecule has 0 amide bonds. The van der Waals surface area contributed by atoms with Gasteiger partial charge in [-0.15, -0.1) is 11.3 Å². The molecule has 0 aliphatic carbocycles. The van der Waals surface area contributed by atoms with Crippen LogP contribution in [0.1, 0.15) is 24.3 Å². The van der Waals surface area contributed by atoms with E-state index >= 15 is 0 Å². The Kier molecular flexibility index (Phi) is 3.91. The average Bonchev–Trinajstić information content (AvgIpc) is 2.84. The number of anilines is 1. The first-order chi connectivity index (χ1) is 8.20. The molecule has 0 aromatic carbocycles. The highest BCUT2D eigenvalue weighted by Crippen LogP contribution is 2.26. The van der Waals surface area contributed by atoms with Crippen molar-refractivity contribution in [3.8, 4) is 0 Å². The molecule has 3 nitrogen and oxygen atoms in total. The van der Waals surface area contributed by atoms with Gasteiger partial charge in [0.2, 0.25) is 5.28 Å². The predicted octanol–water partition coefficient (Wildman–Crippen LogP) is 3.89. The van der Waals surface area contributed by atoms with E-state index in [1.165, 1.54) is 0 Å². The van der Waals surface area contributed by atoms with Gasteiger partial charge in [-0.05, 0) is 29.5 Å². The summed E-state index contributed by atoms with van der Waals surface area (Å²) in [5.74, 6) is -0.352. The summed E-state index contributed by atoms with van der Waals surface area (Å²) in [5, 5.41) is 5.07. The second-order valence-corrected chi connectivity index (χ2v) is 4.77. The number of thiophene rings is 1. The van der Waals surface area contributed by atoms with E-state index < -0.39 is 5.82 Å². The Bertz CT molecular complexity index is 489. The topological polar surface area (TPSA) is 37.8 Å². The van der Waals surface area contributed by atoms with Gasteiger partial charge in [-0.25, -0.2) is 9.37 Å². The summed E-state index contributed by atoms with van der Waals surface area (Å²) in [6, 6.07) is 4.01. The Labute approximate surface area is 108 Å². The maximum absolute atomic E-state index is 13.5. The molecule has 0 fully saturated rings. The summed E-state index contributed by atoms with van der Waals surface area (Å²) in [6.45, 7) is 2.03. The van der Waals surface area contributed by atoms with Crippen molar-refractivity contribution in [3.05, 3.63) is 39.7 Å². The zero-order valence-electron chi connectivity index (χ0n) is 9.15. The first kappa shape index (κ1) is 12.3. The number of halogens is 2. The van der Waals surface area contributed by atoms with Crippen LogP contribution in [0.4, 0.5) is 10.2 Å². The number of rotatable bonds is 4. The molecular weight excluding hydrogens is 261 g/mol. The van der Waals surface area contributed by atoms with Crippen LogP contribution >= 0.6 is 22.9 Å². The summed E-state index contributed by atoms with van der Waals surface area (Å²) in [7, 11) is 0. The van der Waals surface area contributed by atoms with Crippen LogP contribution in [0, 0.1) is 5.82 Å². The van der Waals surface area contributed by atoms with Crippen molar-refractivity contribution in [2.75, 3.05) is 5.32 Å². The number of aromatic nitrogens is 2. The Morgan fingerprint density at radius 3 is 3.06 bits per heavy atom. The first-order valence-corrected chi connectivity index (χ1v) is 6.44. The molecule has 0 saturated carbocycles. The highest BCUT2D eigenvalue weighted by atomic mass is 35.5. The van der Waals surface area contributed by atoms with Crippen LogP contribution in [0.25, 0.3) is 0 Å². The van der Waals surface area contributed by atoms with E-state index in [4.69, 9.17) is 11.6 Å². The lowest BCUT2D eigenvalue weighted by atomic mass is 10.2. The summed E-state index contributed by atoms with van der Waals surface area (Å²) >= 11 is 7.27. The van der Waals surface area contributed by atoms with Gasteiger partial charge < -0.3 is 5.32 Å². The Balaban J connectivity index is 2.21. The zero-order chi connectivity index (χ0) is 12.3. The van der Waals surface area contributed by atoms with E-state index in [1.54, 1.807) is 11.3 Å². The fourth-order valence-corrected chi connectivity index (χ4v) is 2.47. The van der Waals surface area contributed by atoms with Crippen molar-refractivity contribution in [1.29, 1.82) is 0 Å². The van der Waals surface area contributed by atoms with Crippen molar-refractivity contribution in [1.82, 2.24) is 9.97 Å². The van der Waals surface area contributed by atoms with Crippen LogP contribution in [0.5, 0.6) is 0 Å². The van der Waals surface area contributed by atoms with Crippen LogP contribution in [0.15, 0.2) is 23.7 Å². The quantitative estimate of drug-likeness (QED) is 0.857. The minimum atomic E-state index is -0.496. The molecule has 0 saturated heterocycles. The molecule has 17 heavy (non-hydrogen) atoms. The van der Waals surface area contributed by atoms with Crippen molar-refractivity contribution in [2.45, 2.75) is 19.4 Å². The molecule has 0 aliphatic heterocycles. The van der Waals surface area contributed by atoms with Gasteiger partial charge >= 0.3 is 0 Å².